The van der Waals surface area contributed by atoms with Crippen LogP contribution in [0.2, 0.25) is 5.02 Å². The molecule has 21 heavy (non-hydrogen) atoms. The van der Waals surface area contributed by atoms with Crippen molar-refractivity contribution in [1.82, 2.24) is 9.80 Å². The fourth-order valence-corrected chi connectivity index (χ4v) is 4.78. The lowest BCUT2D eigenvalue weighted by Gasteiger charge is -2.38. The molecule has 3 atom stereocenters. The third-order valence-electron chi connectivity index (χ3n) is 4.50. The summed E-state index contributed by atoms with van der Waals surface area (Å²) in [6.07, 6.45) is 3.33. The number of morpholine rings is 1. The molecule has 3 rings (SSSR count). The molecular formula is C16H25ClN2OS. The van der Waals surface area contributed by atoms with Crippen molar-refractivity contribution in [3.63, 3.8) is 0 Å². The number of hydrogen-bond donors (Lipinski definition) is 0. The molecule has 0 spiro atoms. The van der Waals surface area contributed by atoms with E-state index < -0.39 is 0 Å². The van der Waals surface area contributed by atoms with Crippen molar-refractivity contribution in [3.8, 4) is 0 Å². The molecule has 0 radical (unpaired) electrons. The van der Waals surface area contributed by atoms with Crippen LogP contribution in [0, 0.1) is 0 Å². The maximum atomic E-state index is 6.25. The van der Waals surface area contributed by atoms with Gasteiger partial charge in [-0.2, -0.15) is 0 Å². The van der Waals surface area contributed by atoms with E-state index in [0.29, 0.717) is 18.2 Å². The van der Waals surface area contributed by atoms with E-state index in [0.717, 1.165) is 24.7 Å². The van der Waals surface area contributed by atoms with Crippen LogP contribution < -0.4 is 0 Å². The van der Waals surface area contributed by atoms with Crippen molar-refractivity contribution < 1.29 is 4.74 Å². The van der Waals surface area contributed by atoms with Crippen LogP contribution in [0.25, 0.3) is 0 Å². The van der Waals surface area contributed by atoms with Gasteiger partial charge >= 0.3 is 0 Å². The molecule has 118 valence electrons. The number of nitrogens with zero attached hydrogens (tertiary/aromatic N) is 2. The van der Waals surface area contributed by atoms with Crippen molar-refractivity contribution in [2.75, 3.05) is 26.2 Å². The largest absolute Gasteiger partial charge is 0.373 e. The Morgan fingerprint density at radius 1 is 1.33 bits per heavy atom. The summed E-state index contributed by atoms with van der Waals surface area (Å²) in [5.74, 6) is 0. The Hall–Kier alpha value is -0.130. The molecule has 0 aromatic carbocycles. The van der Waals surface area contributed by atoms with E-state index in [1.54, 1.807) is 11.3 Å². The Labute approximate surface area is 136 Å². The zero-order chi connectivity index (χ0) is 14.8. The first-order valence-electron chi connectivity index (χ1n) is 7.95. The summed E-state index contributed by atoms with van der Waals surface area (Å²) in [5, 5.41) is 3.02. The number of hydrogen-bond acceptors (Lipinski definition) is 4. The van der Waals surface area contributed by atoms with E-state index in [1.807, 2.05) is 6.07 Å². The maximum absolute atomic E-state index is 6.25. The van der Waals surface area contributed by atoms with E-state index in [2.05, 4.69) is 29.0 Å². The standard InChI is InChI=1S/C16H25ClN2OS/c1-12-8-18(9-13(2)20-12)10-14-4-3-6-19(14)11-16-15(17)5-7-21-16/h5,7,12-14H,3-4,6,8-11H2,1-2H3. The Morgan fingerprint density at radius 3 is 2.76 bits per heavy atom. The average molecular weight is 329 g/mol. The molecule has 0 aliphatic carbocycles. The monoisotopic (exact) mass is 328 g/mol. The minimum atomic E-state index is 0.357. The van der Waals surface area contributed by atoms with Crippen LogP contribution in [-0.2, 0) is 11.3 Å². The van der Waals surface area contributed by atoms with Crippen molar-refractivity contribution in [1.29, 1.82) is 0 Å². The normalized spacial score (nSPS) is 31.9. The van der Waals surface area contributed by atoms with E-state index in [9.17, 15) is 0 Å². The van der Waals surface area contributed by atoms with E-state index in [1.165, 1.54) is 30.8 Å². The first-order valence-corrected chi connectivity index (χ1v) is 9.21. The minimum Gasteiger partial charge on any atom is -0.373 e. The van der Waals surface area contributed by atoms with Crippen LogP contribution in [0.4, 0.5) is 0 Å². The van der Waals surface area contributed by atoms with Gasteiger partial charge in [0, 0.05) is 37.1 Å². The third-order valence-corrected chi connectivity index (χ3v) is 5.87. The lowest BCUT2D eigenvalue weighted by atomic mass is 10.1. The molecule has 3 nitrogen and oxygen atoms in total. The summed E-state index contributed by atoms with van der Waals surface area (Å²) in [5.41, 5.74) is 0. The van der Waals surface area contributed by atoms with Gasteiger partial charge in [-0.1, -0.05) is 11.6 Å². The number of rotatable bonds is 4. The number of likely N-dealkylation sites (tertiary alicyclic amines) is 1. The van der Waals surface area contributed by atoms with Crippen molar-refractivity contribution in [2.45, 2.75) is 51.5 Å². The maximum Gasteiger partial charge on any atom is 0.0678 e. The average Bonchev–Trinajstić information content (AvgIpc) is 3.00. The fraction of sp³-hybridized carbons (Fsp3) is 0.750. The third kappa shape index (κ3) is 3.99. The summed E-state index contributed by atoms with van der Waals surface area (Å²) < 4.78 is 5.84. The number of thiophene rings is 1. The van der Waals surface area contributed by atoms with E-state index in [-0.39, 0.29) is 0 Å². The second kappa shape index (κ2) is 6.97. The molecule has 2 saturated heterocycles. The molecule has 2 aliphatic rings. The number of halogens is 1. The smallest absolute Gasteiger partial charge is 0.0678 e. The van der Waals surface area contributed by atoms with Gasteiger partial charge in [0.15, 0.2) is 0 Å². The topological polar surface area (TPSA) is 15.7 Å². The molecule has 2 fully saturated rings. The van der Waals surface area contributed by atoms with Gasteiger partial charge in [0.05, 0.1) is 17.2 Å². The van der Waals surface area contributed by atoms with Crippen LogP contribution in [0.3, 0.4) is 0 Å². The molecule has 2 aliphatic heterocycles. The molecule has 1 aromatic heterocycles. The Balaban J connectivity index is 1.58. The second-order valence-corrected chi connectivity index (χ2v) is 7.84. The molecule has 0 bridgehead atoms. The van der Waals surface area contributed by atoms with Crippen molar-refractivity contribution in [3.05, 3.63) is 21.3 Å². The Kier molecular flexibility index (Phi) is 5.23. The minimum absolute atomic E-state index is 0.357. The summed E-state index contributed by atoms with van der Waals surface area (Å²) >= 11 is 8.03. The highest BCUT2D eigenvalue weighted by Crippen LogP contribution is 2.28. The van der Waals surface area contributed by atoms with E-state index in [4.69, 9.17) is 16.3 Å². The summed E-state index contributed by atoms with van der Waals surface area (Å²) in [6.45, 7) is 9.87. The van der Waals surface area contributed by atoms with Gasteiger partial charge in [0.2, 0.25) is 0 Å². The fourth-order valence-electron chi connectivity index (χ4n) is 3.66. The van der Waals surface area contributed by atoms with Gasteiger partial charge in [0.1, 0.15) is 0 Å². The van der Waals surface area contributed by atoms with Crippen LogP contribution in [0.15, 0.2) is 11.4 Å². The van der Waals surface area contributed by atoms with Crippen molar-refractivity contribution >= 4 is 22.9 Å². The molecule has 3 unspecified atom stereocenters. The van der Waals surface area contributed by atoms with Gasteiger partial charge in [-0.15, -0.1) is 11.3 Å². The molecule has 5 heteroatoms. The quantitative estimate of drug-likeness (QED) is 0.841. The second-order valence-electron chi connectivity index (χ2n) is 6.43. The highest BCUT2D eigenvalue weighted by Gasteiger charge is 2.30. The Morgan fingerprint density at radius 2 is 2.10 bits per heavy atom. The summed E-state index contributed by atoms with van der Waals surface area (Å²) in [4.78, 5) is 6.51. The van der Waals surface area contributed by atoms with Crippen LogP contribution in [0.5, 0.6) is 0 Å². The van der Waals surface area contributed by atoms with Gasteiger partial charge in [0.25, 0.3) is 0 Å². The number of ether oxygens (including phenoxy) is 1. The first kappa shape index (κ1) is 15.8. The zero-order valence-corrected chi connectivity index (χ0v) is 14.5. The predicted molar refractivity (Wildman–Crippen MR) is 89.2 cm³/mol. The zero-order valence-electron chi connectivity index (χ0n) is 12.9. The molecule has 0 N–H and O–H groups in total. The highest BCUT2D eigenvalue weighted by atomic mass is 35.5. The predicted octanol–water partition coefficient (Wildman–Crippen LogP) is 3.48. The summed E-state index contributed by atoms with van der Waals surface area (Å²) in [6, 6.07) is 2.68. The van der Waals surface area contributed by atoms with Gasteiger partial charge in [-0.25, -0.2) is 0 Å². The molecule has 1 aromatic rings. The molecule has 0 amide bonds. The first-order chi connectivity index (χ1) is 10.1. The van der Waals surface area contributed by atoms with Gasteiger partial charge in [-0.3, -0.25) is 9.80 Å². The Bertz CT molecular complexity index is 457. The summed E-state index contributed by atoms with van der Waals surface area (Å²) in [7, 11) is 0. The van der Waals surface area contributed by atoms with E-state index >= 15 is 0 Å². The SMILES string of the molecule is CC1CN(CC2CCCN2Cc2sccc2Cl)CC(C)O1. The van der Waals surface area contributed by atoms with Crippen molar-refractivity contribution in [2.24, 2.45) is 0 Å². The van der Waals surface area contributed by atoms with Crippen LogP contribution in [0.1, 0.15) is 31.6 Å². The van der Waals surface area contributed by atoms with Crippen LogP contribution >= 0.6 is 22.9 Å². The molecule has 0 saturated carbocycles. The van der Waals surface area contributed by atoms with Gasteiger partial charge < -0.3 is 4.74 Å². The highest BCUT2D eigenvalue weighted by molar-refractivity contribution is 7.10. The lowest BCUT2D eigenvalue weighted by molar-refractivity contribution is -0.0724. The molecular weight excluding hydrogens is 304 g/mol. The lowest BCUT2D eigenvalue weighted by Crippen LogP contribution is -2.49. The molecule has 3 heterocycles. The van der Waals surface area contributed by atoms with Gasteiger partial charge in [-0.05, 0) is 44.7 Å². The van der Waals surface area contributed by atoms with Crippen LogP contribution in [-0.4, -0.2) is 54.2 Å².